The average Bonchev–Trinajstić information content (AvgIpc) is 2.98. The second-order valence-corrected chi connectivity index (χ2v) is 4.50. The highest BCUT2D eigenvalue weighted by atomic mass is 19.4. The number of hydrogen-bond acceptors (Lipinski definition) is 6. The van der Waals surface area contributed by atoms with E-state index in [9.17, 15) is 23.2 Å². The minimum atomic E-state index is -4.70. The van der Waals surface area contributed by atoms with E-state index in [2.05, 4.69) is 19.4 Å². The molecule has 1 N–H and O–H groups in total. The maximum atomic E-state index is 12.4. The molecule has 0 atom stereocenters. The molecule has 0 radical (unpaired) electrons. The summed E-state index contributed by atoms with van der Waals surface area (Å²) in [6.07, 6.45) is -4.70. The van der Waals surface area contributed by atoms with Crippen molar-refractivity contribution in [2.75, 3.05) is 13.7 Å². The number of benzene rings is 1. The van der Waals surface area contributed by atoms with Gasteiger partial charge in [-0.1, -0.05) is 29.4 Å². The van der Waals surface area contributed by atoms with E-state index >= 15 is 0 Å². The third-order valence-corrected chi connectivity index (χ3v) is 2.77. The summed E-state index contributed by atoms with van der Waals surface area (Å²) in [5.74, 6) is -2.26. The van der Waals surface area contributed by atoms with Gasteiger partial charge < -0.3 is 9.26 Å². The van der Waals surface area contributed by atoms with Gasteiger partial charge in [0.15, 0.2) is 0 Å². The Kier molecular flexibility index (Phi) is 4.96. The van der Waals surface area contributed by atoms with Gasteiger partial charge in [-0.05, 0) is 5.56 Å². The lowest BCUT2D eigenvalue weighted by Crippen LogP contribution is -2.30. The highest BCUT2D eigenvalue weighted by molar-refractivity contribution is 5.76. The molecule has 0 aliphatic carbocycles. The first-order valence-corrected chi connectivity index (χ1v) is 6.29. The van der Waals surface area contributed by atoms with E-state index in [4.69, 9.17) is 0 Å². The van der Waals surface area contributed by atoms with Crippen LogP contribution in [0.1, 0.15) is 11.5 Å². The molecule has 0 fully saturated rings. The molecule has 1 aromatic heterocycles. The van der Waals surface area contributed by atoms with Gasteiger partial charge >= 0.3 is 12.1 Å². The van der Waals surface area contributed by atoms with Crippen LogP contribution >= 0.6 is 0 Å². The molecule has 0 aliphatic heterocycles. The first kappa shape index (κ1) is 16.9. The van der Waals surface area contributed by atoms with Gasteiger partial charge in [0.2, 0.25) is 5.82 Å². The van der Waals surface area contributed by atoms with E-state index < -0.39 is 18.0 Å². The van der Waals surface area contributed by atoms with Gasteiger partial charge in [0, 0.05) is 12.7 Å². The van der Waals surface area contributed by atoms with Crippen LogP contribution in [-0.2, 0) is 22.3 Å². The SMILES string of the molecule is COCC(=O)N(O)Cc1ccc(-c2noc(C(F)(F)F)n2)cc1. The monoisotopic (exact) mass is 331 g/mol. The molecule has 0 unspecified atom stereocenters. The highest BCUT2D eigenvalue weighted by Gasteiger charge is 2.38. The van der Waals surface area contributed by atoms with Crippen LogP contribution < -0.4 is 0 Å². The first-order valence-electron chi connectivity index (χ1n) is 6.29. The summed E-state index contributed by atoms with van der Waals surface area (Å²) in [5, 5.41) is 13.3. The molecule has 1 amide bonds. The summed E-state index contributed by atoms with van der Waals surface area (Å²) in [6, 6.07) is 5.94. The van der Waals surface area contributed by atoms with E-state index in [1.54, 1.807) is 0 Å². The number of halogens is 3. The second kappa shape index (κ2) is 6.75. The summed E-state index contributed by atoms with van der Waals surface area (Å²) in [7, 11) is 1.32. The summed E-state index contributed by atoms with van der Waals surface area (Å²) in [4.78, 5) is 14.6. The lowest BCUT2D eigenvalue weighted by atomic mass is 10.1. The first-order chi connectivity index (χ1) is 10.8. The van der Waals surface area contributed by atoms with Crippen molar-refractivity contribution in [3.05, 3.63) is 35.7 Å². The van der Waals surface area contributed by atoms with Crippen LogP contribution in [-0.4, -0.2) is 40.0 Å². The van der Waals surface area contributed by atoms with Crippen LogP contribution in [0.15, 0.2) is 28.8 Å². The summed E-state index contributed by atoms with van der Waals surface area (Å²) >= 11 is 0. The molecule has 7 nitrogen and oxygen atoms in total. The van der Waals surface area contributed by atoms with Crippen molar-refractivity contribution in [3.63, 3.8) is 0 Å². The predicted molar refractivity (Wildman–Crippen MR) is 68.9 cm³/mol. The van der Waals surface area contributed by atoms with Gasteiger partial charge in [-0.2, -0.15) is 18.2 Å². The number of hydroxylamine groups is 2. The number of carbonyl (C=O) groups is 1. The van der Waals surface area contributed by atoms with E-state index in [1.165, 1.54) is 31.4 Å². The number of rotatable bonds is 5. The molecule has 0 spiro atoms. The van der Waals surface area contributed by atoms with Crippen molar-refractivity contribution >= 4 is 5.91 Å². The lowest BCUT2D eigenvalue weighted by Gasteiger charge is -2.14. The van der Waals surface area contributed by atoms with Crippen LogP contribution in [0.3, 0.4) is 0 Å². The third-order valence-electron chi connectivity index (χ3n) is 2.77. The Hall–Kier alpha value is -2.46. The third kappa shape index (κ3) is 4.27. The molecule has 0 bridgehead atoms. The zero-order chi connectivity index (χ0) is 17.0. The van der Waals surface area contributed by atoms with Gasteiger partial charge in [-0.15, -0.1) is 0 Å². The van der Waals surface area contributed by atoms with E-state index in [1.807, 2.05) is 0 Å². The largest absolute Gasteiger partial charge is 0.471 e. The molecular weight excluding hydrogens is 319 g/mol. The van der Waals surface area contributed by atoms with Gasteiger partial charge in [0.1, 0.15) is 6.61 Å². The average molecular weight is 331 g/mol. The predicted octanol–water partition coefficient (Wildman–Crippen LogP) is 2.12. The molecule has 124 valence electrons. The molecule has 0 saturated heterocycles. The van der Waals surface area contributed by atoms with E-state index in [0.29, 0.717) is 16.2 Å². The fourth-order valence-electron chi connectivity index (χ4n) is 1.67. The number of alkyl halides is 3. The van der Waals surface area contributed by atoms with E-state index in [0.717, 1.165) is 0 Å². The molecule has 1 heterocycles. The minimum absolute atomic E-state index is 0.0947. The number of aromatic nitrogens is 2. The van der Waals surface area contributed by atoms with Crippen LogP contribution in [0.25, 0.3) is 11.4 Å². The van der Waals surface area contributed by atoms with Crippen molar-refractivity contribution in [2.45, 2.75) is 12.7 Å². The Morgan fingerprint density at radius 1 is 1.35 bits per heavy atom. The maximum Gasteiger partial charge on any atom is 0.471 e. The lowest BCUT2D eigenvalue weighted by molar-refractivity contribution is -0.172. The highest BCUT2D eigenvalue weighted by Crippen LogP contribution is 2.29. The topological polar surface area (TPSA) is 88.7 Å². The molecule has 1 aromatic carbocycles. The van der Waals surface area contributed by atoms with Crippen molar-refractivity contribution in [3.8, 4) is 11.4 Å². The van der Waals surface area contributed by atoms with E-state index in [-0.39, 0.29) is 19.0 Å². The van der Waals surface area contributed by atoms with Crippen molar-refractivity contribution in [2.24, 2.45) is 0 Å². The number of nitrogens with zero attached hydrogens (tertiary/aromatic N) is 3. The summed E-state index contributed by atoms with van der Waals surface area (Å²) < 4.78 is 45.9. The number of ether oxygens (including phenoxy) is 1. The molecule has 10 heteroatoms. The molecular formula is C13H12F3N3O4. The zero-order valence-electron chi connectivity index (χ0n) is 11.9. The minimum Gasteiger partial charge on any atom is -0.375 e. The molecule has 2 aromatic rings. The van der Waals surface area contributed by atoms with Gasteiger partial charge in [0.05, 0.1) is 6.54 Å². The molecule has 23 heavy (non-hydrogen) atoms. The molecule has 0 aliphatic rings. The zero-order valence-corrected chi connectivity index (χ0v) is 11.9. The molecule has 0 saturated carbocycles. The Bertz CT molecular complexity index is 670. The van der Waals surface area contributed by atoms with Crippen LogP contribution in [0, 0.1) is 0 Å². The van der Waals surface area contributed by atoms with Crippen LogP contribution in [0.4, 0.5) is 13.2 Å². The Balaban J connectivity index is 2.08. The normalized spacial score (nSPS) is 11.5. The standard InChI is InChI=1S/C13H12F3N3O4/c1-22-7-10(20)19(21)6-8-2-4-9(5-3-8)11-17-12(23-18-11)13(14,15)16/h2-5,21H,6-7H2,1H3. The van der Waals surface area contributed by atoms with Crippen LogP contribution in [0.5, 0.6) is 0 Å². The Morgan fingerprint density at radius 2 is 2.00 bits per heavy atom. The fourth-order valence-corrected chi connectivity index (χ4v) is 1.67. The number of methoxy groups -OCH3 is 1. The number of hydrogen-bond donors (Lipinski definition) is 1. The van der Waals surface area contributed by atoms with Crippen molar-refractivity contribution in [1.29, 1.82) is 0 Å². The van der Waals surface area contributed by atoms with Gasteiger partial charge in [0.25, 0.3) is 5.91 Å². The van der Waals surface area contributed by atoms with Crippen molar-refractivity contribution < 1.29 is 32.4 Å². The fraction of sp³-hybridized carbons (Fsp3) is 0.308. The van der Waals surface area contributed by atoms with Crippen molar-refractivity contribution in [1.82, 2.24) is 15.2 Å². The Morgan fingerprint density at radius 3 is 2.52 bits per heavy atom. The van der Waals surface area contributed by atoms with Gasteiger partial charge in [-0.25, -0.2) is 5.06 Å². The molecule has 2 rings (SSSR count). The quantitative estimate of drug-likeness (QED) is 0.667. The maximum absolute atomic E-state index is 12.4. The Labute approximate surface area is 128 Å². The summed E-state index contributed by atoms with van der Waals surface area (Å²) in [6.45, 7) is -0.361. The van der Waals surface area contributed by atoms with Crippen LogP contribution in [0.2, 0.25) is 0 Å². The number of carbonyl (C=O) groups excluding carboxylic acids is 1. The summed E-state index contributed by atoms with van der Waals surface area (Å²) in [5.41, 5.74) is 0.862. The second-order valence-electron chi connectivity index (χ2n) is 4.50. The van der Waals surface area contributed by atoms with Gasteiger partial charge in [-0.3, -0.25) is 10.0 Å². The number of amides is 1. The smallest absolute Gasteiger partial charge is 0.375 e.